The minimum Gasteiger partial charge on any atom is -0.468 e. The maximum absolute atomic E-state index is 11.2. The van der Waals surface area contributed by atoms with Crippen LogP contribution in [0.5, 0.6) is 0 Å². The van der Waals surface area contributed by atoms with E-state index in [1.807, 2.05) is 31.3 Å². The lowest BCUT2D eigenvalue weighted by atomic mass is 10.2. The fourth-order valence-corrected chi connectivity index (χ4v) is 2.65. The number of nitriles is 1. The lowest BCUT2D eigenvalue weighted by molar-refractivity contribution is -0.137. The van der Waals surface area contributed by atoms with Crippen LogP contribution < -0.4 is 0 Å². The van der Waals surface area contributed by atoms with Gasteiger partial charge in [-0.15, -0.1) is 11.8 Å². The Morgan fingerprint density at radius 3 is 3.00 bits per heavy atom. The Kier molecular flexibility index (Phi) is 4.07. The standard InChI is InChI=1S/C13H13N3O2S/c1-16-10-6-4-3-5-9(10)13(15-16)11(7-14)19-8-12(17)18-2/h3-6,11H,8H2,1-2H3. The molecular formula is C13H13N3O2S. The minimum atomic E-state index is -0.481. The van der Waals surface area contributed by atoms with Crippen LogP contribution in [0.25, 0.3) is 10.9 Å². The summed E-state index contributed by atoms with van der Waals surface area (Å²) in [6.45, 7) is 0. The minimum absolute atomic E-state index is 0.139. The second kappa shape index (κ2) is 5.76. The van der Waals surface area contributed by atoms with Crippen LogP contribution in [0, 0.1) is 11.3 Å². The van der Waals surface area contributed by atoms with Gasteiger partial charge in [0.2, 0.25) is 0 Å². The third-order valence-electron chi connectivity index (χ3n) is 2.75. The number of thioether (sulfide) groups is 1. The van der Waals surface area contributed by atoms with Gasteiger partial charge >= 0.3 is 5.97 Å². The highest BCUT2D eigenvalue weighted by Gasteiger charge is 2.20. The molecule has 0 bridgehead atoms. The number of ether oxygens (including phenoxy) is 1. The number of hydrogen-bond donors (Lipinski definition) is 0. The first-order chi connectivity index (χ1) is 9.17. The van der Waals surface area contributed by atoms with Crippen molar-refractivity contribution in [3.8, 4) is 6.07 Å². The summed E-state index contributed by atoms with van der Waals surface area (Å²) in [5.41, 5.74) is 1.66. The molecule has 0 fully saturated rings. The molecule has 1 atom stereocenters. The number of methoxy groups -OCH3 is 1. The summed E-state index contributed by atoms with van der Waals surface area (Å²) in [5.74, 6) is -0.204. The van der Waals surface area contributed by atoms with Gasteiger partial charge in [0.25, 0.3) is 0 Å². The first-order valence-electron chi connectivity index (χ1n) is 5.67. The highest BCUT2D eigenvalue weighted by molar-refractivity contribution is 8.00. The molecule has 19 heavy (non-hydrogen) atoms. The summed E-state index contributed by atoms with van der Waals surface area (Å²) >= 11 is 1.22. The Balaban J connectivity index is 2.31. The Hall–Kier alpha value is -2.00. The van der Waals surface area contributed by atoms with E-state index in [0.717, 1.165) is 10.9 Å². The highest BCUT2D eigenvalue weighted by atomic mass is 32.2. The van der Waals surface area contributed by atoms with E-state index in [1.165, 1.54) is 18.9 Å². The second-order valence-electron chi connectivity index (χ2n) is 3.92. The lowest BCUT2D eigenvalue weighted by Crippen LogP contribution is -2.06. The number of para-hydroxylation sites is 1. The molecular weight excluding hydrogens is 262 g/mol. The molecule has 0 aliphatic heterocycles. The molecule has 0 radical (unpaired) electrons. The van der Waals surface area contributed by atoms with Gasteiger partial charge in [-0.3, -0.25) is 9.48 Å². The molecule has 5 nitrogen and oxygen atoms in total. The number of esters is 1. The summed E-state index contributed by atoms with van der Waals surface area (Å²) in [7, 11) is 3.17. The first-order valence-corrected chi connectivity index (χ1v) is 6.72. The van der Waals surface area contributed by atoms with Crippen molar-refractivity contribution in [3.05, 3.63) is 30.0 Å². The first kappa shape index (κ1) is 13.4. The molecule has 2 rings (SSSR count). The smallest absolute Gasteiger partial charge is 0.315 e. The Morgan fingerprint density at radius 1 is 1.58 bits per heavy atom. The largest absolute Gasteiger partial charge is 0.468 e. The Bertz CT molecular complexity index is 645. The summed E-state index contributed by atoms with van der Waals surface area (Å²) in [6, 6.07) is 9.90. The maximum Gasteiger partial charge on any atom is 0.315 e. The summed E-state index contributed by atoms with van der Waals surface area (Å²) in [6.07, 6.45) is 0. The number of fused-ring (bicyclic) bond motifs is 1. The average molecular weight is 275 g/mol. The van der Waals surface area contributed by atoms with Crippen molar-refractivity contribution in [2.45, 2.75) is 5.25 Å². The fraction of sp³-hybridized carbons (Fsp3) is 0.308. The van der Waals surface area contributed by atoms with Crippen molar-refractivity contribution in [1.82, 2.24) is 9.78 Å². The van der Waals surface area contributed by atoms with Gasteiger partial charge in [0.15, 0.2) is 0 Å². The van der Waals surface area contributed by atoms with E-state index < -0.39 is 5.25 Å². The number of nitrogens with zero attached hydrogens (tertiary/aromatic N) is 3. The molecule has 98 valence electrons. The molecule has 0 saturated heterocycles. The molecule has 0 aliphatic carbocycles. The van der Waals surface area contributed by atoms with Crippen molar-refractivity contribution in [1.29, 1.82) is 5.26 Å². The summed E-state index contributed by atoms with van der Waals surface area (Å²) in [4.78, 5) is 11.2. The fourth-order valence-electron chi connectivity index (χ4n) is 1.82. The van der Waals surface area contributed by atoms with Gasteiger partial charge in [0.1, 0.15) is 5.25 Å². The van der Waals surface area contributed by atoms with Crippen molar-refractivity contribution < 1.29 is 9.53 Å². The third kappa shape index (κ3) is 2.71. The van der Waals surface area contributed by atoms with Gasteiger partial charge in [-0.2, -0.15) is 10.4 Å². The van der Waals surface area contributed by atoms with Crippen LogP contribution in [0.15, 0.2) is 24.3 Å². The second-order valence-corrected chi connectivity index (χ2v) is 5.02. The third-order valence-corrected chi connectivity index (χ3v) is 3.81. The number of benzene rings is 1. The topological polar surface area (TPSA) is 67.9 Å². The van der Waals surface area contributed by atoms with Crippen molar-refractivity contribution in [3.63, 3.8) is 0 Å². The molecule has 0 amide bonds. The van der Waals surface area contributed by atoms with Crippen LogP contribution in [0.3, 0.4) is 0 Å². The van der Waals surface area contributed by atoms with Crippen LogP contribution in [-0.2, 0) is 16.6 Å². The maximum atomic E-state index is 11.2. The van der Waals surface area contributed by atoms with Crippen LogP contribution >= 0.6 is 11.8 Å². The Labute approximate surface area is 115 Å². The summed E-state index contributed by atoms with van der Waals surface area (Å²) < 4.78 is 6.32. The van der Waals surface area contributed by atoms with Gasteiger partial charge in [-0.05, 0) is 6.07 Å². The number of carbonyl (C=O) groups excluding carboxylic acids is 1. The number of carbonyl (C=O) groups is 1. The van der Waals surface area contributed by atoms with E-state index >= 15 is 0 Å². The monoisotopic (exact) mass is 275 g/mol. The van der Waals surface area contributed by atoms with Crippen LogP contribution in [0.4, 0.5) is 0 Å². The highest BCUT2D eigenvalue weighted by Crippen LogP contribution is 2.32. The zero-order valence-corrected chi connectivity index (χ0v) is 11.5. The van der Waals surface area contributed by atoms with Gasteiger partial charge in [-0.1, -0.05) is 18.2 Å². The zero-order valence-electron chi connectivity index (χ0n) is 10.7. The normalized spacial score (nSPS) is 12.1. The molecule has 1 aromatic carbocycles. The number of aromatic nitrogens is 2. The molecule has 0 saturated carbocycles. The number of rotatable bonds is 4. The molecule has 0 aliphatic rings. The van der Waals surface area contributed by atoms with E-state index in [0.29, 0.717) is 5.69 Å². The van der Waals surface area contributed by atoms with Gasteiger partial charge in [-0.25, -0.2) is 0 Å². The average Bonchev–Trinajstić information content (AvgIpc) is 2.77. The Morgan fingerprint density at radius 2 is 2.32 bits per heavy atom. The van der Waals surface area contributed by atoms with E-state index in [-0.39, 0.29) is 11.7 Å². The quantitative estimate of drug-likeness (QED) is 0.799. The molecule has 1 aromatic heterocycles. The van der Waals surface area contributed by atoms with E-state index in [2.05, 4.69) is 15.9 Å². The molecule has 0 N–H and O–H groups in total. The van der Waals surface area contributed by atoms with Crippen molar-refractivity contribution in [2.24, 2.45) is 7.05 Å². The van der Waals surface area contributed by atoms with Crippen molar-refractivity contribution >= 4 is 28.6 Å². The number of aryl methyl sites for hydroxylation is 1. The van der Waals surface area contributed by atoms with E-state index in [4.69, 9.17) is 0 Å². The van der Waals surface area contributed by atoms with Gasteiger partial charge < -0.3 is 4.74 Å². The summed E-state index contributed by atoms with van der Waals surface area (Å²) in [5, 5.41) is 14.1. The molecule has 1 heterocycles. The van der Waals surface area contributed by atoms with E-state index in [9.17, 15) is 10.1 Å². The SMILES string of the molecule is COC(=O)CSC(C#N)c1nn(C)c2ccccc12. The molecule has 2 aromatic rings. The molecule has 1 unspecified atom stereocenters. The van der Waals surface area contributed by atoms with Crippen LogP contribution in [0.1, 0.15) is 10.9 Å². The van der Waals surface area contributed by atoms with Gasteiger partial charge in [0, 0.05) is 12.4 Å². The molecule has 6 heteroatoms. The predicted octanol–water partition coefficient (Wildman–Crippen LogP) is 2.04. The predicted molar refractivity (Wildman–Crippen MR) is 73.5 cm³/mol. The molecule has 0 spiro atoms. The van der Waals surface area contributed by atoms with Gasteiger partial charge in [0.05, 0.1) is 30.1 Å². The van der Waals surface area contributed by atoms with Crippen LogP contribution in [-0.4, -0.2) is 28.6 Å². The lowest BCUT2D eigenvalue weighted by Gasteiger charge is -2.05. The van der Waals surface area contributed by atoms with Crippen molar-refractivity contribution in [2.75, 3.05) is 12.9 Å². The number of hydrogen-bond acceptors (Lipinski definition) is 5. The zero-order chi connectivity index (χ0) is 13.8. The van der Waals surface area contributed by atoms with Crippen LogP contribution in [0.2, 0.25) is 0 Å². The van der Waals surface area contributed by atoms with E-state index in [1.54, 1.807) is 4.68 Å².